The van der Waals surface area contributed by atoms with Crippen LogP contribution in [0.5, 0.6) is 0 Å². The first kappa shape index (κ1) is 13.3. The van der Waals surface area contributed by atoms with E-state index in [1.165, 1.54) is 0 Å². The van der Waals surface area contributed by atoms with E-state index < -0.39 is 0 Å². The first-order valence-corrected chi connectivity index (χ1v) is 7.62. The van der Waals surface area contributed by atoms with Crippen molar-refractivity contribution in [2.45, 2.75) is 26.7 Å². The maximum atomic E-state index is 12.4. The number of ketones is 1. The van der Waals surface area contributed by atoms with Crippen LogP contribution in [0.4, 0.5) is 0 Å². The third kappa shape index (κ3) is 2.05. The molecule has 22 heavy (non-hydrogen) atoms. The molecule has 110 valence electrons. The normalized spacial score (nSPS) is 16.7. The molecule has 0 spiro atoms. The van der Waals surface area contributed by atoms with Gasteiger partial charge in [-0.05, 0) is 24.0 Å². The summed E-state index contributed by atoms with van der Waals surface area (Å²) in [5.41, 5.74) is 4.95. The van der Waals surface area contributed by atoms with Gasteiger partial charge in [-0.25, -0.2) is 0 Å². The molecular formula is C19H18N2O. The second-order valence-corrected chi connectivity index (χ2v) is 6.91. The van der Waals surface area contributed by atoms with Crippen molar-refractivity contribution in [1.82, 2.24) is 9.97 Å². The summed E-state index contributed by atoms with van der Waals surface area (Å²) in [6, 6.07) is 10.2. The van der Waals surface area contributed by atoms with E-state index in [0.717, 1.165) is 39.7 Å². The number of pyridine rings is 1. The zero-order chi connectivity index (χ0) is 15.3. The Morgan fingerprint density at radius 2 is 1.95 bits per heavy atom. The van der Waals surface area contributed by atoms with Gasteiger partial charge >= 0.3 is 0 Å². The van der Waals surface area contributed by atoms with Gasteiger partial charge in [-0.1, -0.05) is 32.0 Å². The van der Waals surface area contributed by atoms with Gasteiger partial charge < -0.3 is 4.98 Å². The molecule has 0 unspecified atom stereocenters. The number of hydrogen-bond donors (Lipinski definition) is 1. The minimum atomic E-state index is 0.0133. The van der Waals surface area contributed by atoms with Crippen molar-refractivity contribution in [1.29, 1.82) is 0 Å². The lowest BCUT2D eigenvalue weighted by Crippen LogP contribution is -2.27. The largest absolute Gasteiger partial charge is 0.361 e. The summed E-state index contributed by atoms with van der Waals surface area (Å²) in [6.45, 7) is 4.26. The SMILES string of the molecule is CC1(C)CC(=O)c2cc(-c3c[nH]c4ccccc34)cnc2C1. The molecule has 1 aliphatic rings. The van der Waals surface area contributed by atoms with Crippen LogP contribution in [0, 0.1) is 5.41 Å². The van der Waals surface area contributed by atoms with Crippen molar-refractivity contribution in [2.75, 3.05) is 0 Å². The van der Waals surface area contributed by atoms with E-state index in [4.69, 9.17) is 0 Å². The minimum Gasteiger partial charge on any atom is -0.361 e. The lowest BCUT2D eigenvalue weighted by Gasteiger charge is -2.29. The van der Waals surface area contributed by atoms with Gasteiger partial charge in [0.1, 0.15) is 0 Å². The van der Waals surface area contributed by atoms with Gasteiger partial charge in [0.2, 0.25) is 0 Å². The average molecular weight is 290 g/mol. The molecule has 1 N–H and O–H groups in total. The van der Waals surface area contributed by atoms with Crippen LogP contribution in [-0.4, -0.2) is 15.8 Å². The Bertz CT molecular complexity index is 889. The van der Waals surface area contributed by atoms with Crippen molar-refractivity contribution >= 4 is 16.7 Å². The molecule has 0 radical (unpaired) electrons. The van der Waals surface area contributed by atoms with E-state index in [-0.39, 0.29) is 11.2 Å². The third-order valence-electron chi connectivity index (χ3n) is 4.46. The molecule has 0 saturated carbocycles. The molecule has 0 bridgehead atoms. The number of aromatic nitrogens is 2. The molecule has 2 heterocycles. The van der Waals surface area contributed by atoms with Crippen molar-refractivity contribution in [3.05, 3.63) is 54.0 Å². The number of aromatic amines is 1. The molecular weight excluding hydrogens is 272 g/mol. The molecule has 3 nitrogen and oxygen atoms in total. The highest BCUT2D eigenvalue weighted by atomic mass is 16.1. The van der Waals surface area contributed by atoms with Gasteiger partial charge in [-0.3, -0.25) is 9.78 Å². The van der Waals surface area contributed by atoms with E-state index in [1.807, 2.05) is 30.6 Å². The van der Waals surface area contributed by atoms with Crippen molar-refractivity contribution in [3.63, 3.8) is 0 Å². The molecule has 0 atom stereocenters. The molecule has 2 aromatic heterocycles. The summed E-state index contributed by atoms with van der Waals surface area (Å²) in [5, 5.41) is 1.16. The highest BCUT2D eigenvalue weighted by Gasteiger charge is 2.32. The Morgan fingerprint density at radius 1 is 1.14 bits per heavy atom. The molecule has 4 rings (SSSR count). The number of nitrogens with zero attached hydrogens (tertiary/aromatic N) is 1. The van der Waals surface area contributed by atoms with Gasteiger partial charge in [0, 0.05) is 46.4 Å². The van der Waals surface area contributed by atoms with Crippen LogP contribution in [0.1, 0.15) is 36.3 Å². The second-order valence-electron chi connectivity index (χ2n) is 6.91. The first-order chi connectivity index (χ1) is 10.5. The zero-order valence-corrected chi connectivity index (χ0v) is 12.8. The number of H-pyrrole nitrogens is 1. The van der Waals surface area contributed by atoms with Crippen LogP contribution < -0.4 is 0 Å². The fourth-order valence-corrected chi connectivity index (χ4v) is 3.38. The van der Waals surface area contributed by atoms with Crippen LogP contribution >= 0.6 is 0 Å². The highest BCUT2D eigenvalue weighted by molar-refractivity contribution is 6.01. The summed E-state index contributed by atoms with van der Waals surface area (Å²) in [4.78, 5) is 20.3. The Hall–Kier alpha value is -2.42. The fourth-order valence-electron chi connectivity index (χ4n) is 3.38. The Balaban J connectivity index is 1.85. The Labute approximate surface area is 129 Å². The maximum Gasteiger partial charge on any atom is 0.165 e. The number of Topliss-reactive ketones (excluding diaryl/α,β-unsaturated/α-hetero) is 1. The lowest BCUT2D eigenvalue weighted by molar-refractivity contribution is 0.0910. The van der Waals surface area contributed by atoms with Gasteiger partial charge in [-0.15, -0.1) is 0 Å². The molecule has 3 heteroatoms. The summed E-state index contributed by atoms with van der Waals surface area (Å²) >= 11 is 0. The van der Waals surface area contributed by atoms with E-state index >= 15 is 0 Å². The monoisotopic (exact) mass is 290 g/mol. The van der Waals surface area contributed by atoms with Crippen LogP contribution in [0.3, 0.4) is 0 Å². The van der Waals surface area contributed by atoms with Gasteiger partial charge in [0.25, 0.3) is 0 Å². The molecule has 3 aromatic rings. The number of hydrogen-bond acceptors (Lipinski definition) is 2. The minimum absolute atomic E-state index is 0.0133. The lowest BCUT2D eigenvalue weighted by atomic mass is 9.75. The van der Waals surface area contributed by atoms with Crippen LogP contribution in [0.15, 0.2) is 42.7 Å². The van der Waals surface area contributed by atoms with E-state index in [1.54, 1.807) is 0 Å². The number of carbonyl (C=O) groups excluding carboxylic acids is 1. The molecule has 0 amide bonds. The Morgan fingerprint density at radius 3 is 2.82 bits per heavy atom. The first-order valence-electron chi connectivity index (χ1n) is 7.62. The van der Waals surface area contributed by atoms with E-state index in [9.17, 15) is 4.79 Å². The van der Waals surface area contributed by atoms with Crippen LogP contribution in [0.25, 0.3) is 22.0 Å². The van der Waals surface area contributed by atoms with Crippen molar-refractivity contribution < 1.29 is 4.79 Å². The van der Waals surface area contributed by atoms with Crippen LogP contribution in [-0.2, 0) is 6.42 Å². The molecule has 0 saturated heterocycles. The zero-order valence-electron chi connectivity index (χ0n) is 12.8. The molecule has 0 aliphatic heterocycles. The quantitative estimate of drug-likeness (QED) is 0.722. The summed E-state index contributed by atoms with van der Waals surface area (Å²) < 4.78 is 0. The smallest absolute Gasteiger partial charge is 0.165 e. The summed E-state index contributed by atoms with van der Waals surface area (Å²) in [6.07, 6.45) is 5.34. The second kappa shape index (κ2) is 4.54. The van der Waals surface area contributed by atoms with Gasteiger partial charge in [-0.2, -0.15) is 0 Å². The van der Waals surface area contributed by atoms with Gasteiger partial charge in [0.15, 0.2) is 5.78 Å². The number of rotatable bonds is 1. The number of para-hydroxylation sites is 1. The number of carbonyl (C=O) groups is 1. The van der Waals surface area contributed by atoms with Crippen molar-refractivity contribution in [3.8, 4) is 11.1 Å². The van der Waals surface area contributed by atoms with Gasteiger partial charge in [0.05, 0.1) is 5.69 Å². The molecule has 1 aliphatic carbocycles. The van der Waals surface area contributed by atoms with Crippen molar-refractivity contribution in [2.24, 2.45) is 5.41 Å². The summed E-state index contributed by atoms with van der Waals surface area (Å²) in [5.74, 6) is 0.209. The molecule has 0 fully saturated rings. The Kier molecular flexibility index (Phi) is 2.73. The number of fused-ring (bicyclic) bond motifs is 2. The van der Waals surface area contributed by atoms with Crippen LogP contribution in [0.2, 0.25) is 0 Å². The number of benzene rings is 1. The topological polar surface area (TPSA) is 45.8 Å². The maximum absolute atomic E-state index is 12.4. The third-order valence-corrected chi connectivity index (χ3v) is 4.46. The predicted molar refractivity (Wildman–Crippen MR) is 88.0 cm³/mol. The standard InChI is InChI=1S/C19H18N2O/c1-19(2)8-17-14(18(22)9-19)7-12(10-20-17)15-11-21-16-6-4-3-5-13(15)16/h3-7,10-11,21H,8-9H2,1-2H3. The fraction of sp³-hybridized carbons (Fsp3) is 0.263. The molecule has 1 aromatic carbocycles. The summed E-state index contributed by atoms with van der Waals surface area (Å²) in [7, 11) is 0. The number of nitrogens with one attached hydrogen (secondary N) is 1. The van der Waals surface area contributed by atoms with E-state index in [2.05, 4.69) is 35.9 Å². The average Bonchev–Trinajstić information content (AvgIpc) is 2.90. The van der Waals surface area contributed by atoms with E-state index in [0.29, 0.717) is 6.42 Å². The predicted octanol–water partition coefficient (Wildman–Crippen LogP) is 4.39. The highest BCUT2D eigenvalue weighted by Crippen LogP contribution is 2.36.